The van der Waals surface area contributed by atoms with Crippen LogP contribution in [-0.2, 0) is 0 Å². The van der Waals surface area contributed by atoms with E-state index in [2.05, 4.69) is 12.2 Å². The molecular weight excluding hydrogens is 114 g/mol. The van der Waals surface area contributed by atoms with Crippen LogP contribution in [-0.4, -0.2) is 23.8 Å². The largest absolute Gasteiger partial charge is 0.395 e. The Bertz CT molecular complexity index is 85.0. The Morgan fingerprint density at radius 2 is 2.33 bits per heavy atom. The van der Waals surface area contributed by atoms with E-state index in [1.54, 1.807) is 0 Å². The minimum Gasteiger partial charge on any atom is -0.395 e. The van der Waals surface area contributed by atoms with Gasteiger partial charge in [0.15, 0.2) is 0 Å². The Hall–Kier alpha value is -0.0800. The summed E-state index contributed by atoms with van der Waals surface area (Å²) in [5, 5.41) is 12.1. The molecule has 0 amide bonds. The molecule has 2 heteroatoms. The predicted octanol–water partition coefficient (Wildman–Crippen LogP) is 0.509. The lowest BCUT2D eigenvalue weighted by atomic mass is 10.0. The summed E-state index contributed by atoms with van der Waals surface area (Å²) in [7, 11) is 0. The number of hydrogen-bond donors (Lipinski definition) is 2. The van der Waals surface area contributed by atoms with Gasteiger partial charge >= 0.3 is 0 Å². The number of rotatable bonds is 1. The first-order chi connectivity index (χ1) is 4.33. The fraction of sp³-hybridized carbons (Fsp3) is 1.00. The van der Waals surface area contributed by atoms with Gasteiger partial charge in [-0.3, -0.25) is 0 Å². The van der Waals surface area contributed by atoms with E-state index in [9.17, 15) is 0 Å². The second-order valence-corrected chi connectivity index (χ2v) is 2.88. The highest BCUT2D eigenvalue weighted by molar-refractivity contribution is 4.76. The molecular formula is C7H15NO. The molecule has 0 spiro atoms. The molecule has 0 saturated carbocycles. The molecule has 2 N–H and O–H groups in total. The van der Waals surface area contributed by atoms with Gasteiger partial charge in [0, 0.05) is 12.1 Å². The number of hydrogen-bond acceptors (Lipinski definition) is 2. The van der Waals surface area contributed by atoms with Crippen molar-refractivity contribution in [2.75, 3.05) is 6.61 Å². The smallest absolute Gasteiger partial charge is 0.0584 e. The zero-order valence-corrected chi connectivity index (χ0v) is 5.93. The summed E-state index contributed by atoms with van der Waals surface area (Å²) in [4.78, 5) is 0. The lowest BCUT2D eigenvalue weighted by molar-refractivity contribution is 0.202. The Morgan fingerprint density at radius 3 is 2.78 bits per heavy atom. The Kier molecular flexibility index (Phi) is 2.49. The third-order valence-electron chi connectivity index (χ3n) is 1.93. The summed E-state index contributed by atoms with van der Waals surface area (Å²) in [6, 6.07) is 0.977. The van der Waals surface area contributed by atoms with E-state index in [1.165, 1.54) is 12.8 Å². The monoisotopic (exact) mass is 129 g/mol. The van der Waals surface area contributed by atoms with Crippen molar-refractivity contribution < 1.29 is 5.11 Å². The number of nitrogens with one attached hydrogen (secondary N) is 1. The van der Waals surface area contributed by atoms with E-state index in [0.717, 1.165) is 6.42 Å². The van der Waals surface area contributed by atoms with E-state index in [4.69, 9.17) is 5.11 Å². The highest BCUT2D eigenvalue weighted by atomic mass is 16.3. The van der Waals surface area contributed by atoms with Gasteiger partial charge in [-0.1, -0.05) is 6.42 Å². The van der Waals surface area contributed by atoms with Crippen molar-refractivity contribution >= 4 is 0 Å². The van der Waals surface area contributed by atoms with E-state index in [-0.39, 0.29) is 0 Å². The van der Waals surface area contributed by atoms with Crippen LogP contribution in [0, 0.1) is 0 Å². The molecule has 1 fully saturated rings. The minimum atomic E-state index is 0.296. The second-order valence-electron chi connectivity index (χ2n) is 2.88. The summed E-state index contributed by atoms with van der Waals surface area (Å²) in [5.41, 5.74) is 0. The van der Waals surface area contributed by atoms with Gasteiger partial charge in [-0.05, 0) is 19.8 Å². The Balaban J connectivity index is 2.23. The molecule has 0 aromatic heterocycles. The molecule has 0 aliphatic carbocycles. The maximum Gasteiger partial charge on any atom is 0.0584 e. The van der Waals surface area contributed by atoms with Gasteiger partial charge < -0.3 is 10.4 Å². The molecule has 1 heterocycles. The molecule has 0 bridgehead atoms. The fourth-order valence-electron chi connectivity index (χ4n) is 1.38. The minimum absolute atomic E-state index is 0.296. The molecule has 2 nitrogen and oxygen atoms in total. The molecule has 0 aromatic rings. The Labute approximate surface area is 56.3 Å². The molecule has 1 rings (SSSR count). The molecule has 0 unspecified atom stereocenters. The first kappa shape index (κ1) is 7.03. The van der Waals surface area contributed by atoms with Crippen molar-refractivity contribution in [1.29, 1.82) is 0 Å². The average molecular weight is 129 g/mol. The zero-order valence-electron chi connectivity index (χ0n) is 5.93. The first-order valence-electron chi connectivity index (χ1n) is 3.70. The highest BCUT2D eigenvalue weighted by Crippen LogP contribution is 2.10. The molecule has 1 saturated heterocycles. The third kappa shape index (κ3) is 1.95. The van der Waals surface area contributed by atoms with Gasteiger partial charge in [0.2, 0.25) is 0 Å². The Morgan fingerprint density at radius 1 is 1.56 bits per heavy atom. The summed E-state index contributed by atoms with van der Waals surface area (Å²) in [5.74, 6) is 0. The van der Waals surface area contributed by atoms with E-state index in [1.807, 2.05) is 0 Å². The molecule has 0 aromatic carbocycles. The van der Waals surface area contributed by atoms with Crippen molar-refractivity contribution in [1.82, 2.24) is 5.32 Å². The van der Waals surface area contributed by atoms with Crippen LogP contribution in [0.4, 0.5) is 0 Å². The summed E-state index contributed by atoms with van der Waals surface area (Å²) in [6.45, 7) is 2.46. The zero-order chi connectivity index (χ0) is 6.69. The van der Waals surface area contributed by atoms with Crippen LogP contribution in [0.3, 0.4) is 0 Å². The topological polar surface area (TPSA) is 32.3 Å². The van der Waals surface area contributed by atoms with Crippen LogP contribution < -0.4 is 5.32 Å². The van der Waals surface area contributed by atoms with Gasteiger partial charge in [-0.15, -0.1) is 0 Å². The quantitative estimate of drug-likeness (QED) is 0.540. The van der Waals surface area contributed by atoms with E-state index >= 15 is 0 Å². The van der Waals surface area contributed by atoms with Gasteiger partial charge in [0.05, 0.1) is 6.61 Å². The lowest BCUT2D eigenvalue weighted by Gasteiger charge is -2.26. The molecule has 9 heavy (non-hydrogen) atoms. The molecule has 54 valence electrons. The summed E-state index contributed by atoms with van der Waals surface area (Å²) < 4.78 is 0. The average Bonchev–Trinajstić information content (AvgIpc) is 1.88. The predicted molar refractivity (Wildman–Crippen MR) is 37.3 cm³/mol. The maximum atomic E-state index is 8.75. The normalized spacial score (nSPS) is 36.7. The van der Waals surface area contributed by atoms with E-state index < -0.39 is 0 Å². The second kappa shape index (κ2) is 3.18. The lowest BCUT2D eigenvalue weighted by Crippen LogP contribution is -2.42. The number of aliphatic hydroxyl groups excluding tert-OH is 1. The van der Waals surface area contributed by atoms with Crippen molar-refractivity contribution in [2.45, 2.75) is 38.3 Å². The highest BCUT2D eigenvalue weighted by Gasteiger charge is 2.15. The molecule has 2 atom stereocenters. The SMILES string of the molecule is C[C@@H]1CCC[C@@H](CO)N1. The van der Waals surface area contributed by atoms with Crippen LogP contribution in [0.15, 0.2) is 0 Å². The van der Waals surface area contributed by atoms with Gasteiger partial charge in [-0.2, -0.15) is 0 Å². The van der Waals surface area contributed by atoms with Crippen molar-refractivity contribution in [2.24, 2.45) is 0 Å². The first-order valence-corrected chi connectivity index (χ1v) is 3.70. The van der Waals surface area contributed by atoms with E-state index in [0.29, 0.717) is 18.7 Å². The maximum absolute atomic E-state index is 8.75. The van der Waals surface area contributed by atoms with Crippen molar-refractivity contribution in [3.63, 3.8) is 0 Å². The summed E-state index contributed by atoms with van der Waals surface area (Å²) >= 11 is 0. The van der Waals surface area contributed by atoms with Crippen LogP contribution in [0.5, 0.6) is 0 Å². The van der Waals surface area contributed by atoms with Gasteiger partial charge in [0.1, 0.15) is 0 Å². The van der Waals surface area contributed by atoms with Crippen LogP contribution in [0.1, 0.15) is 26.2 Å². The number of piperidine rings is 1. The van der Waals surface area contributed by atoms with Gasteiger partial charge in [0.25, 0.3) is 0 Å². The van der Waals surface area contributed by atoms with Crippen molar-refractivity contribution in [3.05, 3.63) is 0 Å². The number of aliphatic hydroxyl groups is 1. The molecule has 0 radical (unpaired) electrons. The van der Waals surface area contributed by atoms with Crippen LogP contribution in [0.2, 0.25) is 0 Å². The molecule has 1 aliphatic rings. The molecule has 1 aliphatic heterocycles. The van der Waals surface area contributed by atoms with Crippen molar-refractivity contribution in [3.8, 4) is 0 Å². The fourth-order valence-corrected chi connectivity index (χ4v) is 1.38. The van der Waals surface area contributed by atoms with Gasteiger partial charge in [-0.25, -0.2) is 0 Å². The van der Waals surface area contributed by atoms with Crippen LogP contribution in [0.25, 0.3) is 0 Å². The standard InChI is InChI=1S/C7H15NO/c1-6-3-2-4-7(5-9)8-6/h6-9H,2-5H2,1H3/t6-,7+/m1/s1. The summed E-state index contributed by atoms with van der Waals surface area (Å²) in [6.07, 6.45) is 3.66. The van der Waals surface area contributed by atoms with Crippen LogP contribution >= 0.6 is 0 Å². The third-order valence-corrected chi connectivity index (χ3v) is 1.93.